The highest BCUT2D eigenvalue weighted by molar-refractivity contribution is 4.71. The van der Waals surface area contributed by atoms with E-state index in [1.165, 1.54) is 25.8 Å². The third kappa shape index (κ3) is 4.07. The number of piperidine rings is 1. The lowest BCUT2D eigenvalue weighted by atomic mass is 10.1. The van der Waals surface area contributed by atoms with Gasteiger partial charge in [0.05, 0.1) is 6.61 Å². The quantitative estimate of drug-likeness (QED) is 0.696. The maximum Gasteiger partial charge on any atom is 0.0619 e. The van der Waals surface area contributed by atoms with Crippen molar-refractivity contribution in [1.29, 1.82) is 0 Å². The molecule has 72 valence electrons. The lowest BCUT2D eigenvalue weighted by Crippen LogP contribution is -2.37. The summed E-state index contributed by atoms with van der Waals surface area (Å²) in [7, 11) is 0. The van der Waals surface area contributed by atoms with E-state index in [2.05, 4.69) is 19.2 Å². The summed E-state index contributed by atoms with van der Waals surface area (Å²) in [6.45, 7) is 7.36. The van der Waals surface area contributed by atoms with E-state index in [4.69, 9.17) is 4.74 Å². The first-order chi connectivity index (χ1) is 5.79. The molecule has 1 atom stereocenters. The fourth-order valence-corrected chi connectivity index (χ4v) is 1.51. The summed E-state index contributed by atoms with van der Waals surface area (Å²) in [6.07, 6.45) is 3.99. The van der Waals surface area contributed by atoms with Gasteiger partial charge in [0.25, 0.3) is 0 Å². The highest BCUT2D eigenvalue weighted by Crippen LogP contribution is 2.07. The van der Waals surface area contributed by atoms with Crippen LogP contribution in [0.2, 0.25) is 0 Å². The van der Waals surface area contributed by atoms with Crippen LogP contribution in [0, 0.1) is 5.92 Å². The molecule has 2 nitrogen and oxygen atoms in total. The molecule has 0 spiro atoms. The van der Waals surface area contributed by atoms with Crippen molar-refractivity contribution >= 4 is 0 Å². The summed E-state index contributed by atoms with van der Waals surface area (Å²) >= 11 is 0. The maximum atomic E-state index is 5.57. The minimum atomic E-state index is 0.623. The Hall–Kier alpha value is -0.0800. The average Bonchev–Trinajstić information content (AvgIpc) is 2.05. The smallest absolute Gasteiger partial charge is 0.0619 e. The average molecular weight is 171 g/mol. The molecule has 0 radical (unpaired) electrons. The molecule has 1 unspecified atom stereocenters. The Morgan fingerprint density at radius 2 is 2.25 bits per heavy atom. The third-order valence-electron chi connectivity index (χ3n) is 2.18. The molecule has 1 fully saturated rings. The monoisotopic (exact) mass is 171 g/mol. The lowest BCUT2D eigenvalue weighted by Gasteiger charge is -2.23. The summed E-state index contributed by atoms with van der Waals surface area (Å²) in [6, 6.07) is 0.623. The van der Waals surface area contributed by atoms with Crippen LogP contribution in [0.4, 0.5) is 0 Å². The second-order valence-corrected chi connectivity index (χ2v) is 4.08. The SMILES string of the molecule is CC(C)COCC1CCCCN1. The lowest BCUT2D eigenvalue weighted by molar-refractivity contribution is 0.0836. The van der Waals surface area contributed by atoms with Crippen LogP contribution in [-0.4, -0.2) is 25.8 Å². The van der Waals surface area contributed by atoms with Crippen LogP contribution >= 0.6 is 0 Å². The number of hydrogen-bond donors (Lipinski definition) is 1. The van der Waals surface area contributed by atoms with E-state index in [0.717, 1.165) is 13.2 Å². The van der Waals surface area contributed by atoms with Gasteiger partial charge in [-0.15, -0.1) is 0 Å². The largest absolute Gasteiger partial charge is 0.380 e. The van der Waals surface area contributed by atoms with Gasteiger partial charge in [-0.3, -0.25) is 0 Å². The van der Waals surface area contributed by atoms with Crippen molar-refractivity contribution in [3.8, 4) is 0 Å². The number of ether oxygens (including phenoxy) is 1. The third-order valence-corrected chi connectivity index (χ3v) is 2.18. The molecule has 0 bridgehead atoms. The molecule has 0 aromatic rings. The molecule has 1 aliphatic heterocycles. The number of hydrogen-bond acceptors (Lipinski definition) is 2. The van der Waals surface area contributed by atoms with Crippen LogP contribution < -0.4 is 5.32 Å². The second-order valence-electron chi connectivity index (χ2n) is 4.08. The summed E-state index contributed by atoms with van der Waals surface area (Å²) < 4.78 is 5.57. The molecule has 1 rings (SSSR count). The highest BCUT2D eigenvalue weighted by Gasteiger charge is 2.11. The van der Waals surface area contributed by atoms with Crippen LogP contribution in [0.1, 0.15) is 33.1 Å². The molecule has 12 heavy (non-hydrogen) atoms. The van der Waals surface area contributed by atoms with Gasteiger partial charge >= 0.3 is 0 Å². The molecular weight excluding hydrogens is 150 g/mol. The van der Waals surface area contributed by atoms with Crippen LogP contribution in [0.25, 0.3) is 0 Å². The van der Waals surface area contributed by atoms with Crippen molar-refractivity contribution in [3.63, 3.8) is 0 Å². The Morgan fingerprint density at radius 1 is 1.42 bits per heavy atom. The minimum Gasteiger partial charge on any atom is -0.380 e. The fourth-order valence-electron chi connectivity index (χ4n) is 1.51. The topological polar surface area (TPSA) is 21.3 Å². The Morgan fingerprint density at radius 3 is 2.83 bits per heavy atom. The van der Waals surface area contributed by atoms with Crippen molar-refractivity contribution < 1.29 is 4.74 Å². The molecule has 0 aliphatic carbocycles. The first-order valence-corrected chi connectivity index (χ1v) is 5.10. The van der Waals surface area contributed by atoms with Crippen molar-refractivity contribution in [1.82, 2.24) is 5.32 Å². The van der Waals surface area contributed by atoms with Gasteiger partial charge in [-0.05, 0) is 25.3 Å². The van der Waals surface area contributed by atoms with Crippen molar-refractivity contribution in [2.45, 2.75) is 39.2 Å². The van der Waals surface area contributed by atoms with Gasteiger partial charge in [0.2, 0.25) is 0 Å². The fraction of sp³-hybridized carbons (Fsp3) is 1.00. The summed E-state index contributed by atoms with van der Waals surface area (Å²) in [4.78, 5) is 0. The van der Waals surface area contributed by atoms with E-state index < -0.39 is 0 Å². The Kier molecular flexibility index (Phi) is 4.62. The Bertz CT molecular complexity index is 108. The standard InChI is InChI=1S/C10H21NO/c1-9(2)7-12-8-10-5-3-4-6-11-10/h9-11H,3-8H2,1-2H3. The van der Waals surface area contributed by atoms with E-state index in [1.54, 1.807) is 0 Å². The molecule has 1 saturated heterocycles. The number of nitrogens with one attached hydrogen (secondary N) is 1. The van der Waals surface area contributed by atoms with Crippen molar-refractivity contribution in [2.24, 2.45) is 5.92 Å². The zero-order valence-electron chi connectivity index (χ0n) is 8.31. The van der Waals surface area contributed by atoms with E-state index in [-0.39, 0.29) is 0 Å². The highest BCUT2D eigenvalue weighted by atomic mass is 16.5. The van der Waals surface area contributed by atoms with Gasteiger partial charge in [-0.2, -0.15) is 0 Å². The molecule has 0 amide bonds. The zero-order valence-corrected chi connectivity index (χ0v) is 8.31. The zero-order chi connectivity index (χ0) is 8.81. The van der Waals surface area contributed by atoms with Gasteiger partial charge in [-0.25, -0.2) is 0 Å². The van der Waals surface area contributed by atoms with Crippen LogP contribution in [0.15, 0.2) is 0 Å². The van der Waals surface area contributed by atoms with Crippen LogP contribution in [0.5, 0.6) is 0 Å². The summed E-state index contributed by atoms with van der Waals surface area (Å²) in [5.41, 5.74) is 0. The second kappa shape index (κ2) is 5.55. The normalized spacial score (nSPS) is 24.8. The van der Waals surface area contributed by atoms with Gasteiger partial charge in [0, 0.05) is 12.6 Å². The molecule has 0 aromatic carbocycles. The van der Waals surface area contributed by atoms with E-state index in [9.17, 15) is 0 Å². The first-order valence-electron chi connectivity index (χ1n) is 5.10. The Balaban J connectivity index is 1.98. The predicted octanol–water partition coefficient (Wildman–Crippen LogP) is 1.80. The molecule has 1 N–H and O–H groups in total. The van der Waals surface area contributed by atoms with Gasteiger partial charge in [-0.1, -0.05) is 20.3 Å². The van der Waals surface area contributed by atoms with Crippen molar-refractivity contribution in [2.75, 3.05) is 19.8 Å². The van der Waals surface area contributed by atoms with Gasteiger partial charge in [0.15, 0.2) is 0 Å². The number of rotatable bonds is 4. The van der Waals surface area contributed by atoms with E-state index >= 15 is 0 Å². The van der Waals surface area contributed by atoms with Gasteiger partial charge < -0.3 is 10.1 Å². The molecule has 2 heteroatoms. The maximum absolute atomic E-state index is 5.57. The molecule has 1 aliphatic rings. The van der Waals surface area contributed by atoms with Gasteiger partial charge in [0.1, 0.15) is 0 Å². The van der Waals surface area contributed by atoms with E-state index in [0.29, 0.717) is 12.0 Å². The summed E-state index contributed by atoms with van der Waals surface area (Å²) in [5, 5.41) is 3.47. The summed E-state index contributed by atoms with van der Waals surface area (Å²) in [5.74, 6) is 0.661. The first kappa shape index (κ1) is 10.0. The van der Waals surface area contributed by atoms with Crippen molar-refractivity contribution in [3.05, 3.63) is 0 Å². The predicted molar refractivity (Wildman–Crippen MR) is 51.3 cm³/mol. The van der Waals surface area contributed by atoms with Crippen LogP contribution in [-0.2, 0) is 4.74 Å². The Labute approximate surface area is 75.7 Å². The van der Waals surface area contributed by atoms with E-state index in [1.807, 2.05) is 0 Å². The molecule has 0 aromatic heterocycles. The molecular formula is C10H21NO. The molecule has 1 heterocycles. The van der Waals surface area contributed by atoms with Crippen LogP contribution in [0.3, 0.4) is 0 Å². The molecule has 0 saturated carbocycles. The minimum absolute atomic E-state index is 0.623.